The van der Waals surface area contributed by atoms with E-state index < -0.39 is 0 Å². The summed E-state index contributed by atoms with van der Waals surface area (Å²) >= 11 is 0. The maximum atomic E-state index is 12.2. The maximum absolute atomic E-state index is 12.2. The van der Waals surface area contributed by atoms with Crippen molar-refractivity contribution in [3.8, 4) is 0 Å². The van der Waals surface area contributed by atoms with Gasteiger partial charge >= 0.3 is 0 Å². The first-order chi connectivity index (χ1) is 14.4. The van der Waals surface area contributed by atoms with E-state index >= 15 is 0 Å². The molecule has 0 unspecified atom stereocenters. The quantitative estimate of drug-likeness (QED) is 0.541. The summed E-state index contributed by atoms with van der Waals surface area (Å²) in [7, 11) is 5.78. The Hall–Kier alpha value is -2.83. The molecule has 1 aromatic carbocycles. The van der Waals surface area contributed by atoms with Crippen molar-refractivity contribution in [2.45, 2.75) is 52.1 Å². The lowest BCUT2D eigenvalue weighted by atomic mass is 9.85. The zero-order chi connectivity index (χ0) is 21.7. The second kappa shape index (κ2) is 9.78. The number of amides is 1. The van der Waals surface area contributed by atoms with Gasteiger partial charge in [-0.15, -0.1) is 0 Å². The number of aryl methyl sites for hydroxylation is 1. The highest BCUT2D eigenvalue weighted by Gasteiger charge is 2.25. The fourth-order valence-corrected chi connectivity index (χ4v) is 3.73. The van der Waals surface area contributed by atoms with E-state index in [1.807, 2.05) is 37.0 Å². The first-order valence-corrected chi connectivity index (χ1v) is 10.7. The fraction of sp³-hybridized carbons (Fsp3) is 0.522. The van der Waals surface area contributed by atoms with Gasteiger partial charge in [0.2, 0.25) is 5.91 Å². The number of aliphatic imine (C=N–C) groups is 1. The van der Waals surface area contributed by atoms with Crippen LogP contribution < -0.4 is 10.6 Å². The Balaban J connectivity index is 1.58. The van der Waals surface area contributed by atoms with Gasteiger partial charge in [-0.25, -0.2) is 0 Å². The van der Waals surface area contributed by atoms with Crippen molar-refractivity contribution in [2.75, 3.05) is 19.4 Å². The van der Waals surface area contributed by atoms with Gasteiger partial charge in [0.1, 0.15) is 0 Å². The van der Waals surface area contributed by atoms with Crippen molar-refractivity contribution in [2.24, 2.45) is 18.0 Å². The highest BCUT2D eigenvalue weighted by atomic mass is 16.1. The Morgan fingerprint density at radius 3 is 2.77 bits per heavy atom. The van der Waals surface area contributed by atoms with Gasteiger partial charge < -0.3 is 15.5 Å². The third-order valence-corrected chi connectivity index (χ3v) is 5.59. The molecular formula is C23H34N6O. The van der Waals surface area contributed by atoms with Crippen LogP contribution in [0.2, 0.25) is 0 Å². The van der Waals surface area contributed by atoms with Crippen LogP contribution in [-0.4, -0.2) is 40.6 Å². The van der Waals surface area contributed by atoms with Gasteiger partial charge in [0, 0.05) is 57.6 Å². The van der Waals surface area contributed by atoms with Crippen molar-refractivity contribution in [3.05, 3.63) is 47.3 Å². The molecule has 7 heteroatoms. The van der Waals surface area contributed by atoms with Crippen molar-refractivity contribution in [1.82, 2.24) is 20.0 Å². The lowest BCUT2D eigenvalue weighted by Crippen LogP contribution is -2.38. The lowest BCUT2D eigenvalue weighted by molar-refractivity contribution is -0.122. The van der Waals surface area contributed by atoms with Crippen molar-refractivity contribution >= 4 is 17.6 Å². The number of hydrogen-bond donors (Lipinski definition) is 2. The van der Waals surface area contributed by atoms with E-state index in [2.05, 4.69) is 51.7 Å². The second-order valence-corrected chi connectivity index (χ2v) is 8.44. The normalized spacial score (nSPS) is 14.5. The van der Waals surface area contributed by atoms with Crippen LogP contribution >= 0.6 is 0 Å². The summed E-state index contributed by atoms with van der Waals surface area (Å²) in [5, 5.41) is 11.1. The van der Waals surface area contributed by atoms with Crippen molar-refractivity contribution in [3.63, 3.8) is 0 Å². The van der Waals surface area contributed by atoms with Crippen LogP contribution in [0.25, 0.3) is 0 Å². The van der Waals surface area contributed by atoms with Crippen molar-refractivity contribution < 1.29 is 4.79 Å². The number of anilines is 1. The molecule has 0 aliphatic heterocycles. The zero-order valence-electron chi connectivity index (χ0n) is 18.8. The number of benzene rings is 1. The molecule has 0 saturated heterocycles. The van der Waals surface area contributed by atoms with E-state index in [0.29, 0.717) is 12.5 Å². The molecule has 0 bridgehead atoms. The average molecular weight is 411 g/mol. The standard InChI is InChI=1S/C23H34N6O/c1-16(2)21-19(15-29(5)27-21)14-28(4)23(24-3)25-13-17-8-6-11-20(12-17)26-22(30)18-9-7-10-18/h6,8,11-12,15-16,18H,7,9-10,13-14H2,1-5H3,(H,24,25)(H,26,30). The Morgan fingerprint density at radius 1 is 1.37 bits per heavy atom. The van der Waals surface area contributed by atoms with Crippen LogP contribution in [0.4, 0.5) is 5.69 Å². The van der Waals surface area contributed by atoms with Crippen LogP contribution in [0.15, 0.2) is 35.5 Å². The first-order valence-electron chi connectivity index (χ1n) is 10.7. The van der Waals surface area contributed by atoms with E-state index in [1.165, 1.54) is 5.56 Å². The van der Waals surface area contributed by atoms with E-state index in [-0.39, 0.29) is 11.8 Å². The molecule has 30 heavy (non-hydrogen) atoms. The molecule has 1 aliphatic carbocycles. The zero-order valence-corrected chi connectivity index (χ0v) is 18.8. The van der Waals surface area contributed by atoms with Crippen LogP contribution in [0.1, 0.15) is 55.8 Å². The van der Waals surface area contributed by atoms with Gasteiger partial charge in [0.25, 0.3) is 0 Å². The second-order valence-electron chi connectivity index (χ2n) is 8.44. The summed E-state index contributed by atoms with van der Waals surface area (Å²) < 4.78 is 1.87. The topological polar surface area (TPSA) is 74.6 Å². The molecule has 0 spiro atoms. The van der Waals surface area contributed by atoms with Gasteiger partial charge in [0.05, 0.1) is 5.69 Å². The van der Waals surface area contributed by atoms with Crippen LogP contribution in [0.3, 0.4) is 0 Å². The summed E-state index contributed by atoms with van der Waals surface area (Å²) in [6.45, 7) is 5.69. The summed E-state index contributed by atoms with van der Waals surface area (Å²) in [6.07, 6.45) is 5.25. The number of carbonyl (C=O) groups excluding carboxylic acids is 1. The summed E-state index contributed by atoms with van der Waals surface area (Å²) in [5.41, 5.74) is 4.28. The number of carbonyl (C=O) groups is 1. The Morgan fingerprint density at radius 2 is 2.13 bits per heavy atom. The minimum Gasteiger partial charge on any atom is -0.352 e. The largest absolute Gasteiger partial charge is 0.352 e. The van der Waals surface area contributed by atoms with E-state index in [0.717, 1.165) is 48.7 Å². The predicted molar refractivity (Wildman–Crippen MR) is 121 cm³/mol. The molecular weight excluding hydrogens is 376 g/mol. The van der Waals surface area contributed by atoms with Gasteiger partial charge in [0.15, 0.2) is 5.96 Å². The molecule has 162 valence electrons. The molecule has 1 amide bonds. The first kappa shape index (κ1) is 21.9. The summed E-state index contributed by atoms with van der Waals surface area (Å²) in [5.74, 6) is 1.52. The number of rotatable bonds is 7. The van der Waals surface area contributed by atoms with Crippen LogP contribution in [0.5, 0.6) is 0 Å². The van der Waals surface area contributed by atoms with Crippen LogP contribution in [-0.2, 0) is 24.9 Å². The molecule has 1 saturated carbocycles. The minimum atomic E-state index is 0.138. The molecule has 0 radical (unpaired) electrons. The van der Waals surface area contributed by atoms with Gasteiger partial charge in [-0.05, 0) is 36.5 Å². The van der Waals surface area contributed by atoms with Crippen molar-refractivity contribution in [1.29, 1.82) is 0 Å². The SMILES string of the molecule is CN=C(NCc1cccc(NC(=O)C2CCC2)c1)N(C)Cc1cn(C)nc1C(C)C. The number of hydrogen-bond acceptors (Lipinski definition) is 3. The molecule has 2 N–H and O–H groups in total. The smallest absolute Gasteiger partial charge is 0.227 e. The van der Waals surface area contributed by atoms with Gasteiger partial charge in [-0.3, -0.25) is 14.5 Å². The fourth-order valence-electron chi connectivity index (χ4n) is 3.73. The molecule has 1 heterocycles. The van der Waals surface area contributed by atoms with Gasteiger partial charge in [-0.2, -0.15) is 5.10 Å². The predicted octanol–water partition coefficient (Wildman–Crippen LogP) is 3.49. The third kappa shape index (κ3) is 5.40. The highest BCUT2D eigenvalue weighted by molar-refractivity contribution is 5.93. The van der Waals surface area contributed by atoms with E-state index in [4.69, 9.17) is 0 Å². The Labute approximate surface area is 179 Å². The monoisotopic (exact) mass is 410 g/mol. The summed E-state index contributed by atoms with van der Waals surface area (Å²) in [6, 6.07) is 7.99. The number of guanidine groups is 1. The molecule has 3 rings (SSSR count). The molecule has 7 nitrogen and oxygen atoms in total. The number of nitrogens with one attached hydrogen (secondary N) is 2. The number of nitrogens with zero attached hydrogens (tertiary/aromatic N) is 4. The molecule has 1 aromatic heterocycles. The summed E-state index contributed by atoms with van der Waals surface area (Å²) in [4.78, 5) is 18.7. The molecule has 2 aromatic rings. The minimum absolute atomic E-state index is 0.138. The average Bonchev–Trinajstić information content (AvgIpc) is 3.01. The van der Waals surface area contributed by atoms with E-state index in [9.17, 15) is 4.79 Å². The van der Waals surface area contributed by atoms with Gasteiger partial charge in [-0.1, -0.05) is 32.4 Å². The highest BCUT2D eigenvalue weighted by Crippen LogP contribution is 2.27. The number of aromatic nitrogens is 2. The van der Waals surface area contributed by atoms with Crippen LogP contribution in [0, 0.1) is 5.92 Å². The maximum Gasteiger partial charge on any atom is 0.227 e. The third-order valence-electron chi connectivity index (χ3n) is 5.59. The Bertz CT molecular complexity index is 897. The lowest BCUT2D eigenvalue weighted by Gasteiger charge is -2.24. The molecule has 0 atom stereocenters. The molecule has 1 aliphatic rings. The Kier molecular flexibility index (Phi) is 7.13. The molecule has 1 fully saturated rings. The van der Waals surface area contributed by atoms with E-state index in [1.54, 1.807) is 7.05 Å².